The Hall–Kier alpha value is -0.740. The van der Waals surface area contributed by atoms with Crippen molar-refractivity contribution in [1.29, 1.82) is 0 Å². The van der Waals surface area contributed by atoms with Gasteiger partial charge in [0.15, 0.2) is 0 Å². The zero-order valence-corrected chi connectivity index (χ0v) is 10.1. The lowest BCUT2D eigenvalue weighted by molar-refractivity contribution is 0.586. The molecule has 1 saturated heterocycles. The summed E-state index contributed by atoms with van der Waals surface area (Å²) in [5, 5.41) is 0. The van der Waals surface area contributed by atoms with Crippen molar-refractivity contribution >= 4 is 11.9 Å². The molecular weight excluding hydrogens is 208 g/mol. The zero-order valence-electron chi connectivity index (χ0n) is 9.32. The summed E-state index contributed by atoms with van der Waals surface area (Å²) < 4.78 is 2.33. The third-order valence-corrected chi connectivity index (χ3v) is 3.14. The molecule has 2 rings (SSSR count). The van der Waals surface area contributed by atoms with E-state index >= 15 is 0 Å². The summed E-state index contributed by atoms with van der Waals surface area (Å²) in [6, 6.07) is 3.43. The van der Waals surface area contributed by atoms with E-state index in [9.17, 15) is 4.79 Å². The Labute approximate surface area is 95.0 Å². The van der Waals surface area contributed by atoms with Crippen molar-refractivity contribution in [3.63, 3.8) is 0 Å². The normalized spacial score (nSPS) is 15.9. The van der Waals surface area contributed by atoms with Gasteiger partial charge in [0.2, 0.25) is 5.56 Å². The fourth-order valence-electron chi connectivity index (χ4n) is 1.38. The molecule has 0 aromatic carbocycles. The van der Waals surface area contributed by atoms with Gasteiger partial charge in [-0.2, -0.15) is 0 Å². The monoisotopic (exact) mass is 226 g/mol. The first kappa shape index (κ1) is 12.3. The van der Waals surface area contributed by atoms with Gasteiger partial charge < -0.3 is 4.98 Å². The molecule has 3 nitrogen and oxygen atoms in total. The summed E-state index contributed by atoms with van der Waals surface area (Å²) >= 11 is 1.72. The zero-order chi connectivity index (χ0) is 11.1. The summed E-state index contributed by atoms with van der Waals surface area (Å²) in [5.41, 5.74) is -0.0363. The van der Waals surface area contributed by atoms with Crippen molar-refractivity contribution in [2.75, 3.05) is 13.1 Å². The molecule has 1 aliphatic heterocycles. The Morgan fingerprint density at radius 1 is 1.27 bits per heavy atom. The summed E-state index contributed by atoms with van der Waals surface area (Å²) in [6.07, 6.45) is 4.35. The lowest BCUT2D eigenvalue weighted by Gasteiger charge is -2.12. The standard InChI is InChI=1S/C9H12N2OS.C2H6/c12-9-4-3-8(7-10-9)13-11-5-1-2-6-11;1-2/h3-4,7H,1-2,5-6H2,(H,10,12);1-2H3. The predicted octanol–water partition coefficient (Wildman–Crippen LogP) is 2.50. The third-order valence-electron chi connectivity index (χ3n) is 2.06. The highest BCUT2D eigenvalue weighted by atomic mass is 32.2. The van der Waals surface area contributed by atoms with E-state index < -0.39 is 0 Å². The second kappa shape index (κ2) is 6.69. The maximum absolute atomic E-state index is 10.8. The van der Waals surface area contributed by atoms with Gasteiger partial charge in [0, 0.05) is 30.2 Å². The van der Waals surface area contributed by atoms with Crippen molar-refractivity contribution in [1.82, 2.24) is 9.29 Å². The molecule has 0 aliphatic carbocycles. The number of H-pyrrole nitrogens is 1. The number of rotatable bonds is 2. The summed E-state index contributed by atoms with van der Waals surface area (Å²) in [7, 11) is 0. The Morgan fingerprint density at radius 3 is 2.47 bits per heavy atom. The molecule has 0 atom stereocenters. The molecule has 15 heavy (non-hydrogen) atoms. The second-order valence-electron chi connectivity index (χ2n) is 3.12. The van der Waals surface area contributed by atoms with Crippen LogP contribution >= 0.6 is 11.9 Å². The molecule has 0 unspecified atom stereocenters. The van der Waals surface area contributed by atoms with Crippen LogP contribution in [0.2, 0.25) is 0 Å². The van der Waals surface area contributed by atoms with Gasteiger partial charge >= 0.3 is 0 Å². The van der Waals surface area contributed by atoms with Crippen LogP contribution < -0.4 is 5.56 Å². The Kier molecular flexibility index (Phi) is 5.50. The number of nitrogens with one attached hydrogen (secondary N) is 1. The molecule has 1 aromatic rings. The van der Waals surface area contributed by atoms with Gasteiger partial charge in [-0.25, -0.2) is 4.31 Å². The van der Waals surface area contributed by atoms with E-state index in [-0.39, 0.29) is 5.56 Å². The van der Waals surface area contributed by atoms with E-state index in [1.807, 2.05) is 19.9 Å². The minimum Gasteiger partial charge on any atom is -0.328 e. The molecule has 2 heterocycles. The molecule has 1 aromatic heterocycles. The number of aromatic amines is 1. The Balaban J connectivity index is 0.000000531. The molecule has 1 N–H and O–H groups in total. The largest absolute Gasteiger partial charge is 0.328 e. The molecule has 0 radical (unpaired) electrons. The summed E-state index contributed by atoms with van der Waals surface area (Å²) in [6.45, 7) is 6.31. The number of hydrogen-bond acceptors (Lipinski definition) is 3. The molecule has 0 spiro atoms. The van der Waals surface area contributed by atoms with Gasteiger partial charge in [-0.1, -0.05) is 13.8 Å². The minimum atomic E-state index is -0.0363. The first-order valence-electron chi connectivity index (χ1n) is 5.46. The van der Waals surface area contributed by atoms with Crippen molar-refractivity contribution in [2.24, 2.45) is 0 Å². The van der Waals surface area contributed by atoms with Gasteiger partial charge in [0.25, 0.3) is 0 Å². The van der Waals surface area contributed by atoms with Crippen LogP contribution in [0.5, 0.6) is 0 Å². The molecule has 84 valence electrons. The van der Waals surface area contributed by atoms with Gasteiger partial charge in [-0.3, -0.25) is 4.79 Å². The van der Waals surface area contributed by atoms with E-state index in [1.54, 1.807) is 24.2 Å². The predicted molar refractivity (Wildman–Crippen MR) is 65.1 cm³/mol. The van der Waals surface area contributed by atoms with Gasteiger partial charge in [-0.15, -0.1) is 0 Å². The lowest BCUT2D eigenvalue weighted by atomic mass is 10.4. The summed E-state index contributed by atoms with van der Waals surface area (Å²) in [4.78, 5) is 14.6. The SMILES string of the molecule is CC.O=c1ccc(SN2CCCC2)c[nH]1. The smallest absolute Gasteiger partial charge is 0.247 e. The van der Waals surface area contributed by atoms with Crippen molar-refractivity contribution in [2.45, 2.75) is 31.6 Å². The number of pyridine rings is 1. The Bertz CT molecular complexity index is 311. The van der Waals surface area contributed by atoms with Gasteiger partial charge in [0.1, 0.15) is 0 Å². The van der Waals surface area contributed by atoms with Gasteiger partial charge in [0.05, 0.1) is 0 Å². The van der Waals surface area contributed by atoms with Crippen molar-refractivity contribution < 1.29 is 0 Å². The van der Waals surface area contributed by atoms with Crippen LogP contribution in [0, 0.1) is 0 Å². The average Bonchev–Trinajstić information content (AvgIpc) is 2.77. The van der Waals surface area contributed by atoms with Crippen LogP contribution in [-0.4, -0.2) is 22.4 Å². The summed E-state index contributed by atoms with van der Waals surface area (Å²) in [5.74, 6) is 0. The van der Waals surface area contributed by atoms with E-state index in [2.05, 4.69) is 9.29 Å². The molecule has 0 bridgehead atoms. The van der Waals surface area contributed by atoms with Crippen molar-refractivity contribution in [3.05, 3.63) is 28.7 Å². The highest BCUT2D eigenvalue weighted by Crippen LogP contribution is 2.24. The number of aromatic nitrogens is 1. The lowest BCUT2D eigenvalue weighted by Crippen LogP contribution is -2.09. The number of hydrogen-bond donors (Lipinski definition) is 1. The molecule has 1 fully saturated rings. The van der Waals surface area contributed by atoms with Crippen LogP contribution in [0.15, 0.2) is 28.0 Å². The maximum atomic E-state index is 10.8. The van der Waals surface area contributed by atoms with Crippen molar-refractivity contribution in [3.8, 4) is 0 Å². The van der Waals surface area contributed by atoms with Gasteiger partial charge in [-0.05, 0) is 30.9 Å². The van der Waals surface area contributed by atoms with E-state index in [4.69, 9.17) is 0 Å². The average molecular weight is 226 g/mol. The van der Waals surface area contributed by atoms with Crippen LogP contribution in [0.25, 0.3) is 0 Å². The fourth-order valence-corrected chi connectivity index (χ4v) is 2.36. The first-order chi connectivity index (χ1) is 7.34. The number of nitrogens with zero attached hydrogens (tertiary/aromatic N) is 1. The van der Waals surface area contributed by atoms with Crippen LogP contribution in [0.1, 0.15) is 26.7 Å². The van der Waals surface area contributed by atoms with Crippen LogP contribution in [0.4, 0.5) is 0 Å². The Morgan fingerprint density at radius 2 is 1.93 bits per heavy atom. The fraction of sp³-hybridized carbons (Fsp3) is 0.545. The van der Waals surface area contributed by atoms with E-state index in [0.717, 1.165) is 18.0 Å². The topological polar surface area (TPSA) is 36.1 Å². The highest BCUT2D eigenvalue weighted by molar-refractivity contribution is 7.97. The maximum Gasteiger partial charge on any atom is 0.247 e. The highest BCUT2D eigenvalue weighted by Gasteiger charge is 2.12. The first-order valence-corrected chi connectivity index (χ1v) is 6.23. The van der Waals surface area contributed by atoms with E-state index in [0.29, 0.717) is 0 Å². The second-order valence-corrected chi connectivity index (χ2v) is 4.29. The molecular formula is C11H18N2OS. The molecule has 0 amide bonds. The van der Waals surface area contributed by atoms with Crippen LogP contribution in [-0.2, 0) is 0 Å². The molecule has 0 saturated carbocycles. The molecule has 1 aliphatic rings. The van der Waals surface area contributed by atoms with Crippen LogP contribution in [0.3, 0.4) is 0 Å². The quantitative estimate of drug-likeness (QED) is 0.787. The van der Waals surface area contributed by atoms with E-state index in [1.165, 1.54) is 12.8 Å². The minimum absolute atomic E-state index is 0.0363. The molecule has 4 heteroatoms. The third kappa shape index (κ3) is 4.10.